The number of halogens is 1. The van der Waals surface area contributed by atoms with Gasteiger partial charge in [-0.2, -0.15) is 4.98 Å². The molecule has 0 aromatic carbocycles. The van der Waals surface area contributed by atoms with E-state index in [0.717, 1.165) is 22.9 Å². The number of rotatable bonds is 6. The van der Waals surface area contributed by atoms with E-state index < -0.39 is 0 Å². The first-order chi connectivity index (χ1) is 10.2. The van der Waals surface area contributed by atoms with Crippen LogP contribution in [0.1, 0.15) is 24.3 Å². The summed E-state index contributed by atoms with van der Waals surface area (Å²) in [4.78, 5) is 10.2. The van der Waals surface area contributed by atoms with Crippen LogP contribution < -0.4 is 5.32 Å². The molecule has 1 atom stereocenters. The second-order valence-electron chi connectivity index (χ2n) is 4.80. The highest BCUT2D eigenvalue weighted by Crippen LogP contribution is 2.28. The van der Waals surface area contributed by atoms with Gasteiger partial charge in [0.2, 0.25) is 5.89 Å². The van der Waals surface area contributed by atoms with E-state index in [4.69, 9.17) is 4.52 Å². The topological polar surface area (TPSA) is 63.8 Å². The maximum absolute atomic E-state index is 5.29. The van der Waals surface area contributed by atoms with E-state index in [1.54, 1.807) is 22.7 Å². The molecule has 0 aliphatic carbocycles. The lowest BCUT2D eigenvalue weighted by molar-refractivity contribution is 0.376. The predicted molar refractivity (Wildman–Crippen MR) is 92.0 cm³/mol. The molecule has 5 nitrogen and oxygen atoms in total. The molecule has 0 saturated heterocycles. The Morgan fingerprint density at radius 2 is 2.18 bits per heavy atom. The third-order valence-corrected chi connectivity index (χ3v) is 5.04. The van der Waals surface area contributed by atoms with Gasteiger partial charge >= 0.3 is 0 Å². The first-order valence-electron chi connectivity index (χ1n) is 6.71. The molecular weight excluding hydrogens is 340 g/mol. The van der Waals surface area contributed by atoms with Crippen molar-refractivity contribution in [1.82, 2.24) is 20.4 Å². The first kappa shape index (κ1) is 17.1. The highest BCUT2D eigenvalue weighted by molar-refractivity contribution is 7.20. The van der Waals surface area contributed by atoms with Gasteiger partial charge in [-0.1, -0.05) is 11.2 Å². The number of aromatic nitrogens is 3. The van der Waals surface area contributed by atoms with Crippen LogP contribution >= 0.6 is 35.1 Å². The van der Waals surface area contributed by atoms with Crippen LogP contribution in [0.2, 0.25) is 0 Å². The zero-order chi connectivity index (χ0) is 14.7. The Kier molecular flexibility index (Phi) is 6.07. The molecule has 1 N–H and O–H groups in total. The number of thiophene rings is 1. The van der Waals surface area contributed by atoms with Crippen molar-refractivity contribution in [2.45, 2.75) is 25.8 Å². The number of hydrogen-bond acceptors (Lipinski definition) is 7. The molecule has 22 heavy (non-hydrogen) atoms. The molecule has 3 heterocycles. The minimum Gasteiger partial charge on any atom is -0.339 e. The molecule has 0 aliphatic heterocycles. The van der Waals surface area contributed by atoms with E-state index in [0.29, 0.717) is 18.4 Å². The number of nitrogens with zero attached hydrogens (tertiary/aromatic N) is 3. The van der Waals surface area contributed by atoms with Gasteiger partial charge in [0.25, 0.3) is 0 Å². The van der Waals surface area contributed by atoms with Gasteiger partial charge in [0, 0.05) is 17.8 Å². The Labute approximate surface area is 143 Å². The summed E-state index contributed by atoms with van der Waals surface area (Å²) in [7, 11) is 1.92. The molecular formula is C14H17ClN4OS2. The second-order valence-corrected chi connectivity index (χ2v) is 6.60. The third-order valence-electron chi connectivity index (χ3n) is 3.11. The maximum atomic E-state index is 5.29. The van der Waals surface area contributed by atoms with Crippen LogP contribution in [0.5, 0.6) is 0 Å². The molecule has 0 amide bonds. The fourth-order valence-corrected chi connectivity index (χ4v) is 3.51. The van der Waals surface area contributed by atoms with Crippen molar-refractivity contribution in [3.05, 3.63) is 40.3 Å². The van der Waals surface area contributed by atoms with Gasteiger partial charge in [0.05, 0.1) is 17.0 Å². The summed E-state index contributed by atoms with van der Waals surface area (Å²) < 4.78 is 5.29. The van der Waals surface area contributed by atoms with Crippen molar-refractivity contribution in [2.24, 2.45) is 0 Å². The lowest BCUT2D eigenvalue weighted by Crippen LogP contribution is -2.24. The highest BCUT2D eigenvalue weighted by atomic mass is 35.5. The Balaban J connectivity index is 0.00000176. The summed E-state index contributed by atoms with van der Waals surface area (Å²) in [5.74, 6) is 1.36. The smallest absolute Gasteiger partial charge is 0.232 e. The third kappa shape index (κ3) is 4.13. The van der Waals surface area contributed by atoms with E-state index in [1.807, 2.05) is 13.1 Å². The van der Waals surface area contributed by atoms with Gasteiger partial charge in [0.1, 0.15) is 5.01 Å². The molecule has 0 radical (unpaired) electrons. The minimum atomic E-state index is 0. The second kappa shape index (κ2) is 7.82. The van der Waals surface area contributed by atoms with Gasteiger partial charge in [-0.25, -0.2) is 4.98 Å². The van der Waals surface area contributed by atoms with Crippen molar-refractivity contribution in [3.63, 3.8) is 0 Å². The van der Waals surface area contributed by atoms with Gasteiger partial charge in [-0.05, 0) is 25.4 Å². The summed E-state index contributed by atoms with van der Waals surface area (Å²) in [5, 5.41) is 12.3. The van der Waals surface area contributed by atoms with Crippen LogP contribution in [-0.4, -0.2) is 28.2 Å². The monoisotopic (exact) mass is 356 g/mol. The summed E-state index contributed by atoms with van der Waals surface area (Å²) in [6, 6.07) is 4.45. The lowest BCUT2D eigenvalue weighted by Gasteiger charge is -2.04. The summed E-state index contributed by atoms with van der Waals surface area (Å²) in [6.07, 6.45) is 1.35. The van der Waals surface area contributed by atoms with Crippen molar-refractivity contribution in [3.8, 4) is 9.88 Å². The standard InChI is InChI=1S/C14H16N4OS2.ClH/c1-9(15-2)6-12-17-13(19-18-12)7-10-8-21-14(16-10)11-4-3-5-20-11;/h3-5,8-9,15H,6-7H2,1-2H3;1H. The van der Waals surface area contributed by atoms with Crippen LogP contribution in [0.3, 0.4) is 0 Å². The van der Waals surface area contributed by atoms with E-state index in [-0.39, 0.29) is 12.4 Å². The van der Waals surface area contributed by atoms with Crippen LogP contribution in [0.4, 0.5) is 0 Å². The predicted octanol–water partition coefficient (Wildman–Crippen LogP) is 3.42. The van der Waals surface area contributed by atoms with E-state index in [9.17, 15) is 0 Å². The molecule has 0 bridgehead atoms. The maximum Gasteiger partial charge on any atom is 0.232 e. The first-order valence-corrected chi connectivity index (χ1v) is 8.47. The highest BCUT2D eigenvalue weighted by Gasteiger charge is 2.12. The number of likely N-dealkylation sites (N-methyl/N-ethyl adjacent to an activating group) is 1. The van der Waals surface area contributed by atoms with Crippen LogP contribution in [-0.2, 0) is 12.8 Å². The van der Waals surface area contributed by atoms with E-state index in [1.165, 1.54) is 4.88 Å². The molecule has 8 heteroatoms. The molecule has 0 saturated carbocycles. The summed E-state index contributed by atoms with van der Waals surface area (Å²) >= 11 is 3.35. The van der Waals surface area contributed by atoms with Gasteiger partial charge < -0.3 is 9.84 Å². The Morgan fingerprint density at radius 1 is 1.32 bits per heavy atom. The number of hydrogen-bond donors (Lipinski definition) is 1. The fourth-order valence-electron chi connectivity index (χ4n) is 1.88. The molecule has 3 aromatic rings. The average molecular weight is 357 g/mol. The van der Waals surface area contributed by atoms with Crippen LogP contribution in [0, 0.1) is 0 Å². The van der Waals surface area contributed by atoms with Gasteiger partial charge in [-0.15, -0.1) is 35.1 Å². The zero-order valence-electron chi connectivity index (χ0n) is 12.3. The van der Waals surface area contributed by atoms with Gasteiger partial charge in [-0.3, -0.25) is 0 Å². The van der Waals surface area contributed by atoms with E-state index in [2.05, 4.69) is 44.2 Å². The Morgan fingerprint density at radius 3 is 2.91 bits per heavy atom. The molecule has 0 spiro atoms. The molecule has 3 rings (SSSR count). The largest absolute Gasteiger partial charge is 0.339 e. The summed E-state index contributed by atoms with van der Waals surface area (Å²) in [6.45, 7) is 2.09. The summed E-state index contributed by atoms with van der Waals surface area (Å²) in [5.41, 5.74) is 0.972. The lowest BCUT2D eigenvalue weighted by atomic mass is 10.2. The van der Waals surface area contributed by atoms with Crippen molar-refractivity contribution in [2.75, 3.05) is 7.05 Å². The number of thiazole rings is 1. The normalized spacial score (nSPS) is 12.1. The van der Waals surface area contributed by atoms with Crippen LogP contribution in [0.25, 0.3) is 9.88 Å². The fraction of sp³-hybridized carbons (Fsp3) is 0.357. The zero-order valence-corrected chi connectivity index (χ0v) is 14.7. The molecule has 0 fully saturated rings. The van der Waals surface area contributed by atoms with Gasteiger partial charge in [0.15, 0.2) is 5.82 Å². The van der Waals surface area contributed by atoms with Crippen molar-refractivity contribution >= 4 is 35.1 Å². The van der Waals surface area contributed by atoms with Crippen molar-refractivity contribution in [1.29, 1.82) is 0 Å². The molecule has 0 aliphatic rings. The number of nitrogens with one attached hydrogen (secondary N) is 1. The molecule has 118 valence electrons. The molecule has 1 unspecified atom stereocenters. The Bertz CT molecular complexity index is 695. The average Bonchev–Trinajstić information content (AvgIpc) is 3.19. The molecule has 3 aromatic heterocycles. The van der Waals surface area contributed by atoms with Crippen LogP contribution in [0.15, 0.2) is 27.4 Å². The van der Waals surface area contributed by atoms with E-state index >= 15 is 0 Å². The SMILES string of the molecule is CNC(C)Cc1noc(Cc2csc(-c3cccs3)n2)n1.Cl. The Hall–Kier alpha value is -1.28. The van der Waals surface area contributed by atoms with Crippen molar-refractivity contribution < 1.29 is 4.52 Å². The minimum absolute atomic E-state index is 0. The quantitative estimate of drug-likeness (QED) is 0.733.